The molecule has 104 valence electrons. The van der Waals surface area contributed by atoms with Gasteiger partial charge in [0.2, 0.25) is 0 Å². The minimum atomic E-state index is -4.38. The number of alkyl halides is 3. The van der Waals surface area contributed by atoms with Crippen molar-refractivity contribution >= 4 is 22.5 Å². The van der Waals surface area contributed by atoms with Gasteiger partial charge in [-0.1, -0.05) is 48.0 Å². The lowest BCUT2D eigenvalue weighted by atomic mass is 10.2. The molecular weight excluding hydrogens is 289 g/mol. The lowest BCUT2D eigenvalue weighted by Gasteiger charge is -2.08. The molecule has 1 N–H and O–H groups in total. The fraction of sp³-hybridized carbons (Fsp3) is 0.0714. The van der Waals surface area contributed by atoms with E-state index >= 15 is 0 Å². The molecule has 0 aromatic heterocycles. The molecule has 0 saturated carbocycles. The van der Waals surface area contributed by atoms with Gasteiger partial charge in [-0.3, -0.25) is 5.43 Å². The van der Waals surface area contributed by atoms with Crippen LogP contribution < -0.4 is 5.43 Å². The van der Waals surface area contributed by atoms with Crippen molar-refractivity contribution in [1.29, 1.82) is 0 Å². The van der Waals surface area contributed by atoms with Gasteiger partial charge < -0.3 is 0 Å². The summed E-state index contributed by atoms with van der Waals surface area (Å²) in [6.07, 6.45) is -4.38. The van der Waals surface area contributed by atoms with Gasteiger partial charge in [0, 0.05) is 5.56 Å². The van der Waals surface area contributed by atoms with Crippen molar-refractivity contribution in [1.82, 2.24) is 0 Å². The second kappa shape index (κ2) is 5.96. The smallest absolute Gasteiger partial charge is 0.277 e. The van der Waals surface area contributed by atoms with E-state index in [0.717, 1.165) is 12.1 Å². The predicted molar refractivity (Wildman–Crippen MR) is 73.9 cm³/mol. The second-order valence-electron chi connectivity index (χ2n) is 3.96. The van der Waals surface area contributed by atoms with Crippen LogP contribution in [0.2, 0.25) is 0 Å². The average Bonchev–Trinajstić information content (AvgIpc) is 2.45. The number of hydrazone groups is 1. The number of nitrogens with one attached hydrogen (secondary N) is 1. The van der Waals surface area contributed by atoms with E-state index in [4.69, 9.17) is 11.6 Å². The number of hydrogen-bond donors (Lipinski definition) is 1. The first kappa shape index (κ1) is 14.4. The predicted octanol–water partition coefficient (Wildman–Crippen LogP) is 4.72. The molecule has 2 nitrogen and oxygen atoms in total. The summed E-state index contributed by atoms with van der Waals surface area (Å²) in [5.74, 6) is 0. The van der Waals surface area contributed by atoms with E-state index in [1.807, 2.05) is 6.07 Å². The Labute approximate surface area is 118 Å². The van der Waals surface area contributed by atoms with Crippen LogP contribution in [-0.2, 0) is 6.18 Å². The molecule has 0 heterocycles. The summed E-state index contributed by atoms with van der Waals surface area (Å²) in [5, 5.41) is 4.02. The van der Waals surface area contributed by atoms with Crippen LogP contribution >= 0.6 is 11.6 Å². The third-order valence-electron chi connectivity index (χ3n) is 2.49. The van der Waals surface area contributed by atoms with Gasteiger partial charge in [-0.15, -0.1) is 0 Å². The molecule has 0 aliphatic heterocycles. The van der Waals surface area contributed by atoms with E-state index in [2.05, 4.69) is 10.5 Å². The molecule has 0 aliphatic rings. The maximum Gasteiger partial charge on any atom is 0.416 e. The summed E-state index contributed by atoms with van der Waals surface area (Å²) in [6.45, 7) is 0. The van der Waals surface area contributed by atoms with Crippen molar-refractivity contribution in [2.24, 2.45) is 5.10 Å². The Morgan fingerprint density at radius 2 is 1.70 bits per heavy atom. The fourth-order valence-corrected chi connectivity index (χ4v) is 1.69. The monoisotopic (exact) mass is 298 g/mol. The van der Waals surface area contributed by atoms with Gasteiger partial charge in [0.15, 0.2) is 5.17 Å². The molecule has 0 fully saturated rings. The third-order valence-corrected chi connectivity index (χ3v) is 2.79. The maximum atomic E-state index is 12.5. The van der Waals surface area contributed by atoms with Crippen LogP contribution in [0, 0.1) is 0 Å². The molecule has 0 aliphatic carbocycles. The molecule has 6 heteroatoms. The molecule has 2 aromatic rings. The van der Waals surface area contributed by atoms with Crippen LogP contribution in [0.25, 0.3) is 0 Å². The van der Waals surface area contributed by atoms with Crippen molar-refractivity contribution in [2.45, 2.75) is 6.18 Å². The van der Waals surface area contributed by atoms with E-state index in [1.54, 1.807) is 24.3 Å². The van der Waals surface area contributed by atoms with Crippen LogP contribution in [0.5, 0.6) is 0 Å². The van der Waals surface area contributed by atoms with Gasteiger partial charge in [-0.2, -0.15) is 18.3 Å². The first-order valence-electron chi connectivity index (χ1n) is 5.69. The van der Waals surface area contributed by atoms with Gasteiger partial charge in [0.1, 0.15) is 0 Å². The molecule has 0 atom stereocenters. The molecule has 2 aromatic carbocycles. The Kier molecular flexibility index (Phi) is 4.29. The molecule has 20 heavy (non-hydrogen) atoms. The quantitative estimate of drug-likeness (QED) is 0.643. The van der Waals surface area contributed by atoms with Crippen molar-refractivity contribution in [2.75, 3.05) is 5.43 Å². The summed E-state index contributed by atoms with van der Waals surface area (Å²) in [4.78, 5) is 0. The number of anilines is 1. The molecule has 0 unspecified atom stereocenters. The Bertz CT molecular complexity index is 609. The molecule has 0 saturated heterocycles. The van der Waals surface area contributed by atoms with E-state index in [9.17, 15) is 13.2 Å². The highest BCUT2D eigenvalue weighted by atomic mass is 35.5. The van der Waals surface area contributed by atoms with E-state index in [0.29, 0.717) is 5.56 Å². The molecule has 0 spiro atoms. The zero-order chi connectivity index (χ0) is 14.6. The van der Waals surface area contributed by atoms with Gasteiger partial charge in [-0.05, 0) is 18.2 Å². The normalized spacial score (nSPS) is 12.3. The zero-order valence-electron chi connectivity index (χ0n) is 10.2. The van der Waals surface area contributed by atoms with Crippen LogP contribution in [-0.4, -0.2) is 5.17 Å². The highest BCUT2D eigenvalue weighted by Crippen LogP contribution is 2.30. The Hall–Kier alpha value is -2.01. The number of rotatable bonds is 3. The molecule has 2 rings (SSSR count). The van der Waals surface area contributed by atoms with Crippen LogP contribution in [0.1, 0.15) is 11.1 Å². The number of nitrogens with zero attached hydrogens (tertiary/aromatic N) is 1. The first-order valence-corrected chi connectivity index (χ1v) is 6.06. The number of hydrogen-bond acceptors (Lipinski definition) is 2. The average molecular weight is 299 g/mol. The maximum absolute atomic E-state index is 12.5. The van der Waals surface area contributed by atoms with Crippen molar-refractivity contribution in [3.8, 4) is 0 Å². The summed E-state index contributed by atoms with van der Waals surface area (Å²) in [6, 6.07) is 13.7. The van der Waals surface area contributed by atoms with Crippen molar-refractivity contribution in [3.05, 3.63) is 65.7 Å². The van der Waals surface area contributed by atoms with E-state index in [1.165, 1.54) is 12.1 Å². The Morgan fingerprint density at radius 3 is 2.35 bits per heavy atom. The first-order chi connectivity index (χ1) is 9.47. The van der Waals surface area contributed by atoms with Gasteiger partial charge in [0.05, 0.1) is 11.3 Å². The van der Waals surface area contributed by atoms with Gasteiger partial charge in [-0.25, -0.2) is 0 Å². The molecule has 0 amide bonds. The number of benzene rings is 2. The summed E-state index contributed by atoms with van der Waals surface area (Å²) >= 11 is 5.95. The van der Waals surface area contributed by atoms with Gasteiger partial charge in [0.25, 0.3) is 0 Å². The molecule has 0 bridgehead atoms. The van der Waals surface area contributed by atoms with Crippen molar-refractivity contribution < 1.29 is 13.2 Å². The van der Waals surface area contributed by atoms with Crippen LogP contribution in [0.3, 0.4) is 0 Å². The minimum absolute atomic E-state index is 0.169. The second-order valence-corrected chi connectivity index (χ2v) is 4.32. The lowest BCUT2D eigenvalue weighted by Crippen LogP contribution is -2.05. The summed E-state index contributed by atoms with van der Waals surface area (Å²) < 4.78 is 37.6. The van der Waals surface area contributed by atoms with Gasteiger partial charge >= 0.3 is 6.18 Å². The summed E-state index contributed by atoms with van der Waals surface area (Å²) in [5.41, 5.74) is 2.66. The molecule has 0 radical (unpaired) electrons. The lowest BCUT2D eigenvalue weighted by molar-refractivity contribution is -0.137. The third kappa shape index (κ3) is 3.74. The SMILES string of the molecule is FC(F)(F)c1cccc(N/N=C(/Cl)c2ccccc2)c1. The minimum Gasteiger partial charge on any atom is -0.277 e. The Balaban J connectivity index is 2.15. The van der Waals surface area contributed by atoms with E-state index in [-0.39, 0.29) is 10.9 Å². The summed E-state index contributed by atoms with van der Waals surface area (Å²) in [7, 11) is 0. The fourth-order valence-electron chi connectivity index (χ4n) is 1.52. The topological polar surface area (TPSA) is 24.4 Å². The van der Waals surface area contributed by atoms with Crippen LogP contribution in [0.4, 0.5) is 18.9 Å². The largest absolute Gasteiger partial charge is 0.416 e. The number of halogens is 4. The van der Waals surface area contributed by atoms with E-state index < -0.39 is 11.7 Å². The Morgan fingerprint density at radius 1 is 1.00 bits per heavy atom. The zero-order valence-corrected chi connectivity index (χ0v) is 10.9. The van der Waals surface area contributed by atoms with Crippen molar-refractivity contribution in [3.63, 3.8) is 0 Å². The van der Waals surface area contributed by atoms with Crippen LogP contribution in [0.15, 0.2) is 59.7 Å². The highest BCUT2D eigenvalue weighted by molar-refractivity contribution is 6.69. The molecular formula is C14H10ClF3N2. The highest BCUT2D eigenvalue weighted by Gasteiger charge is 2.30. The standard InChI is InChI=1S/C14H10ClF3N2/c15-13(10-5-2-1-3-6-10)20-19-12-8-4-7-11(9-12)14(16,17)18/h1-9,19H/b20-13+.